The van der Waals surface area contributed by atoms with Crippen molar-refractivity contribution in [3.8, 4) is 5.75 Å². The van der Waals surface area contributed by atoms with Crippen LogP contribution in [0.1, 0.15) is 37.1 Å². The van der Waals surface area contributed by atoms with Gasteiger partial charge in [0.05, 0.1) is 36.9 Å². The van der Waals surface area contributed by atoms with E-state index in [1.807, 2.05) is 19.1 Å². The first kappa shape index (κ1) is 25.7. The van der Waals surface area contributed by atoms with E-state index in [1.54, 1.807) is 28.5 Å². The normalized spacial score (nSPS) is 17.1. The number of carbonyl (C=O) groups excluding carboxylic acids is 2. The largest absolute Gasteiger partial charge is 0.494 e. The average molecular weight is 543 g/mol. The Hall–Kier alpha value is -2.89. The van der Waals surface area contributed by atoms with Crippen molar-refractivity contribution in [1.29, 1.82) is 0 Å². The molecule has 196 valence electrons. The summed E-state index contributed by atoms with van der Waals surface area (Å²) in [7, 11) is 0. The first-order valence-electron chi connectivity index (χ1n) is 12.5. The Labute approximate surface area is 223 Å². The first-order chi connectivity index (χ1) is 17.9. The van der Waals surface area contributed by atoms with E-state index in [1.165, 1.54) is 23.1 Å². The summed E-state index contributed by atoms with van der Waals surface area (Å²) in [5.74, 6) is 0.701. The van der Waals surface area contributed by atoms with Crippen LogP contribution in [0, 0.1) is 0 Å². The zero-order valence-corrected chi connectivity index (χ0v) is 22.6. The maximum Gasteiger partial charge on any atom is 0.263 e. The molecule has 0 aliphatic carbocycles. The highest BCUT2D eigenvalue weighted by Crippen LogP contribution is 2.34. The van der Waals surface area contributed by atoms with Gasteiger partial charge in [-0.3, -0.25) is 19.0 Å². The molecule has 2 amide bonds. The quantitative estimate of drug-likeness (QED) is 0.342. The molecule has 0 bridgehead atoms. The predicted octanol–water partition coefficient (Wildman–Crippen LogP) is 3.67. The third kappa shape index (κ3) is 5.68. The van der Waals surface area contributed by atoms with Gasteiger partial charge in [-0.2, -0.15) is 0 Å². The van der Waals surface area contributed by atoms with Crippen LogP contribution in [0.2, 0.25) is 0 Å². The number of ether oxygens (including phenoxy) is 2. The Morgan fingerprint density at radius 3 is 2.81 bits per heavy atom. The number of anilines is 1. The number of nitrogens with one attached hydrogen (secondary N) is 1. The second-order valence-electron chi connectivity index (χ2n) is 9.11. The maximum atomic E-state index is 13.8. The molecule has 0 spiro atoms. The van der Waals surface area contributed by atoms with Crippen molar-refractivity contribution in [1.82, 2.24) is 14.5 Å². The SMILES string of the molecule is CCOc1ccc(NC(=O)CSc2nc3sc4c(c3c(=O)n2CC2CCCO2)CCN(C(C)=O)C4)cc1. The fraction of sp³-hybridized carbons (Fsp3) is 0.462. The van der Waals surface area contributed by atoms with Gasteiger partial charge < -0.3 is 19.7 Å². The number of amides is 2. The van der Waals surface area contributed by atoms with E-state index in [0.717, 1.165) is 29.0 Å². The molecule has 2 aliphatic rings. The van der Waals surface area contributed by atoms with E-state index in [2.05, 4.69) is 5.32 Å². The summed E-state index contributed by atoms with van der Waals surface area (Å²) in [5.41, 5.74) is 1.58. The molecule has 1 atom stereocenters. The average Bonchev–Trinajstić information content (AvgIpc) is 3.53. The topological polar surface area (TPSA) is 103 Å². The molecule has 9 nitrogen and oxygen atoms in total. The summed E-state index contributed by atoms with van der Waals surface area (Å²) < 4.78 is 12.9. The van der Waals surface area contributed by atoms with E-state index >= 15 is 0 Å². The molecule has 0 radical (unpaired) electrons. The van der Waals surface area contributed by atoms with Gasteiger partial charge in [0.1, 0.15) is 10.6 Å². The van der Waals surface area contributed by atoms with E-state index in [0.29, 0.717) is 60.3 Å². The lowest BCUT2D eigenvalue weighted by Crippen LogP contribution is -2.34. The summed E-state index contributed by atoms with van der Waals surface area (Å²) in [6, 6.07) is 7.22. The van der Waals surface area contributed by atoms with Crippen LogP contribution in [0.5, 0.6) is 5.75 Å². The van der Waals surface area contributed by atoms with Crippen molar-refractivity contribution in [2.45, 2.75) is 57.5 Å². The van der Waals surface area contributed by atoms with Crippen LogP contribution in [0.15, 0.2) is 34.2 Å². The fourth-order valence-corrected chi connectivity index (χ4v) is 6.80. The number of hydrogen-bond donors (Lipinski definition) is 1. The molecular weight excluding hydrogens is 512 g/mol. The van der Waals surface area contributed by atoms with Gasteiger partial charge in [-0.25, -0.2) is 4.98 Å². The first-order valence-corrected chi connectivity index (χ1v) is 14.3. The number of rotatable bonds is 8. The number of aromatic nitrogens is 2. The van der Waals surface area contributed by atoms with Crippen LogP contribution >= 0.6 is 23.1 Å². The van der Waals surface area contributed by atoms with E-state index in [9.17, 15) is 14.4 Å². The minimum atomic E-state index is -0.185. The van der Waals surface area contributed by atoms with Crippen molar-refractivity contribution in [3.63, 3.8) is 0 Å². The van der Waals surface area contributed by atoms with Crippen molar-refractivity contribution in [2.75, 3.05) is 30.8 Å². The summed E-state index contributed by atoms with van der Waals surface area (Å²) in [5, 5.41) is 4.04. The summed E-state index contributed by atoms with van der Waals surface area (Å²) in [4.78, 5) is 46.7. The molecule has 0 saturated carbocycles. The Morgan fingerprint density at radius 1 is 1.30 bits per heavy atom. The van der Waals surface area contributed by atoms with Crippen LogP contribution in [-0.2, 0) is 33.8 Å². The molecular formula is C26H30N4O5S2. The van der Waals surface area contributed by atoms with Crippen molar-refractivity contribution in [3.05, 3.63) is 45.1 Å². The van der Waals surface area contributed by atoms with Crippen LogP contribution in [0.3, 0.4) is 0 Å². The van der Waals surface area contributed by atoms with Crippen LogP contribution in [-0.4, -0.2) is 57.9 Å². The molecule has 4 heterocycles. The number of thiophene rings is 1. The van der Waals surface area contributed by atoms with Crippen molar-refractivity contribution >= 4 is 50.8 Å². The van der Waals surface area contributed by atoms with Gasteiger partial charge in [0.2, 0.25) is 11.8 Å². The van der Waals surface area contributed by atoms with Crippen LogP contribution < -0.4 is 15.6 Å². The summed E-state index contributed by atoms with van der Waals surface area (Å²) in [6.07, 6.45) is 2.46. The van der Waals surface area contributed by atoms with Gasteiger partial charge in [0.25, 0.3) is 5.56 Å². The lowest BCUT2D eigenvalue weighted by atomic mass is 10.1. The summed E-state index contributed by atoms with van der Waals surface area (Å²) in [6.45, 7) is 6.27. The smallest absolute Gasteiger partial charge is 0.263 e. The zero-order chi connectivity index (χ0) is 25.9. The highest BCUT2D eigenvalue weighted by molar-refractivity contribution is 7.99. The maximum absolute atomic E-state index is 13.8. The molecule has 1 N–H and O–H groups in total. The molecule has 1 fully saturated rings. The third-order valence-corrected chi connectivity index (χ3v) is 8.65. The molecule has 1 aromatic carbocycles. The summed E-state index contributed by atoms with van der Waals surface area (Å²) >= 11 is 2.72. The number of nitrogens with zero attached hydrogens (tertiary/aromatic N) is 3. The van der Waals surface area contributed by atoms with E-state index in [-0.39, 0.29) is 29.2 Å². The standard InChI is InChI=1S/C26H30N4O5S2/c1-3-34-18-8-6-17(7-9-18)27-22(32)15-36-26-28-24-23(25(33)30(26)13-19-5-4-12-35-19)20-10-11-29(16(2)31)14-21(20)37-24/h6-9,19H,3-5,10-15H2,1-2H3,(H,27,32). The second-order valence-corrected chi connectivity index (χ2v) is 11.1. The van der Waals surface area contributed by atoms with Gasteiger partial charge >= 0.3 is 0 Å². The van der Waals surface area contributed by atoms with Crippen molar-refractivity contribution in [2.24, 2.45) is 0 Å². The molecule has 2 aliphatic heterocycles. The molecule has 2 aromatic heterocycles. The molecule has 37 heavy (non-hydrogen) atoms. The third-order valence-electron chi connectivity index (χ3n) is 6.56. The van der Waals surface area contributed by atoms with E-state index < -0.39 is 0 Å². The highest BCUT2D eigenvalue weighted by atomic mass is 32.2. The number of fused-ring (bicyclic) bond motifs is 3. The Kier molecular flexibility index (Phi) is 7.82. The molecule has 11 heteroatoms. The molecule has 1 unspecified atom stereocenters. The minimum absolute atomic E-state index is 0.0293. The van der Waals surface area contributed by atoms with Gasteiger partial charge in [0, 0.05) is 30.6 Å². The number of hydrogen-bond acceptors (Lipinski definition) is 8. The van der Waals surface area contributed by atoms with Crippen LogP contribution in [0.4, 0.5) is 5.69 Å². The minimum Gasteiger partial charge on any atom is -0.494 e. The van der Waals surface area contributed by atoms with Gasteiger partial charge in [0.15, 0.2) is 5.16 Å². The number of thioether (sulfide) groups is 1. The number of carbonyl (C=O) groups is 2. The number of benzene rings is 1. The highest BCUT2D eigenvalue weighted by Gasteiger charge is 2.27. The van der Waals surface area contributed by atoms with Crippen molar-refractivity contribution < 1.29 is 19.1 Å². The monoisotopic (exact) mass is 542 g/mol. The molecule has 1 saturated heterocycles. The zero-order valence-electron chi connectivity index (χ0n) is 21.0. The molecule has 5 rings (SSSR count). The van der Waals surface area contributed by atoms with Gasteiger partial charge in [-0.1, -0.05) is 11.8 Å². The fourth-order valence-electron chi connectivity index (χ4n) is 4.72. The lowest BCUT2D eigenvalue weighted by molar-refractivity contribution is -0.129. The Morgan fingerprint density at radius 2 is 2.11 bits per heavy atom. The lowest BCUT2D eigenvalue weighted by Gasteiger charge is -2.25. The molecule has 3 aromatic rings. The van der Waals surface area contributed by atoms with E-state index in [4.69, 9.17) is 14.5 Å². The predicted molar refractivity (Wildman–Crippen MR) is 145 cm³/mol. The Balaban J connectivity index is 1.39. The second kappa shape index (κ2) is 11.2. The van der Waals surface area contributed by atoms with Gasteiger partial charge in [-0.15, -0.1) is 11.3 Å². The van der Waals surface area contributed by atoms with Crippen LogP contribution in [0.25, 0.3) is 10.2 Å². The van der Waals surface area contributed by atoms with Gasteiger partial charge in [-0.05, 0) is 56.0 Å². The Bertz CT molecular complexity index is 1360.